The van der Waals surface area contributed by atoms with Crippen LogP contribution in [0.1, 0.15) is 23.2 Å². The minimum absolute atomic E-state index is 0.0962. The summed E-state index contributed by atoms with van der Waals surface area (Å²) in [5, 5.41) is 0. The normalized spacial score (nSPS) is 19.7. The first-order valence-corrected chi connectivity index (χ1v) is 7.86. The third-order valence-corrected chi connectivity index (χ3v) is 4.77. The van der Waals surface area contributed by atoms with Crippen LogP contribution in [-0.4, -0.2) is 29.3 Å². The molecule has 2 rings (SSSR count). The number of hydrogen-bond donors (Lipinski definition) is 0. The van der Waals surface area contributed by atoms with E-state index in [0.717, 1.165) is 33.0 Å². The molecule has 1 aromatic carbocycles. The van der Waals surface area contributed by atoms with E-state index < -0.39 is 0 Å². The molecule has 92 valence electrons. The summed E-state index contributed by atoms with van der Waals surface area (Å²) in [6.45, 7) is 0.818. The van der Waals surface area contributed by atoms with E-state index in [-0.39, 0.29) is 11.9 Å². The number of amides is 1. The van der Waals surface area contributed by atoms with Crippen molar-refractivity contribution in [2.75, 3.05) is 12.4 Å². The summed E-state index contributed by atoms with van der Waals surface area (Å²) in [6, 6.07) is 5.97. The third-order valence-electron chi connectivity index (χ3n) is 2.97. The molecule has 0 radical (unpaired) electrons. The van der Waals surface area contributed by atoms with Gasteiger partial charge in [0.05, 0.1) is 5.56 Å². The van der Waals surface area contributed by atoms with Gasteiger partial charge >= 0.3 is 0 Å². The molecule has 1 heterocycles. The maximum atomic E-state index is 12.4. The molecule has 1 aromatic rings. The topological polar surface area (TPSA) is 20.3 Å². The molecule has 0 aromatic heterocycles. The zero-order valence-electron chi connectivity index (χ0n) is 9.13. The third kappa shape index (κ3) is 2.96. The summed E-state index contributed by atoms with van der Waals surface area (Å²) in [7, 11) is 0. The van der Waals surface area contributed by atoms with Crippen molar-refractivity contribution in [1.29, 1.82) is 0 Å². The first kappa shape index (κ1) is 13.6. The molecule has 1 saturated heterocycles. The zero-order valence-corrected chi connectivity index (χ0v) is 13.6. The zero-order chi connectivity index (χ0) is 12.4. The van der Waals surface area contributed by atoms with Gasteiger partial charge in [0.15, 0.2) is 0 Å². The van der Waals surface area contributed by atoms with E-state index in [4.69, 9.17) is 11.6 Å². The molecule has 1 amide bonds. The Hall–Kier alpha value is 0.190. The number of benzene rings is 1. The maximum absolute atomic E-state index is 12.4. The fraction of sp³-hybridized carbons (Fsp3) is 0.417. The van der Waals surface area contributed by atoms with Crippen molar-refractivity contribution in [3.05, 3.63) is 31.8 Å². The molecule has 0 bridgehead atoms. The van der Waals surface area contributed by atoms with Crippen LogP contribution < -0.4 is 0 Å². The van der Waals surface area contributed by atoms with Gasteiger partial charge in [0, 0.05) is 26.5 Å². The molecule has 1 aliphatic rings. The fourth-order valence-electron chi connectivity index (χ4n) is 2.08. The number of carbonyl (C=O) groups excluding carboxylic acids is 1. The molecule has 17 heavy (non-hydrogen) atoms. The quantitative estimate of drug-likeness (QED) is 0.517. The van der Waals surface area contributed by atoms with Gasteiger partial charge in [-0.1, -0.05) is 15.9 Å². The van der Waals surface area contributed by atoms with Gasteiger partial charge in [-0.2, -0.15) is 0 Å². The van der Waals surface area contributed by atoms with Gasteiger partial charge in [0.25, 0.3) is 5.91 Å². The molecule has 0 spiro atoms. The average molecular weight is 428 g/mol. The second-order valence-corrected chi connectivity index (χ2v) is 6.46. The summed E-state index contributed by atoms with van der Waals surface area (Å²) < 4.78 is 1.92. The van der Waals surface area contributed by atoms with Crippen LogP contribution in [0.4, 0.5) is 0 Å². The standard InChI is InChI=1S/C12H12BrClINO/c13-8-3-4-11(15)10(6-8)12(17)16-5-1-2-9(16)7-14/h3-4,6,9H,1-2,5,7H2. The molecule has 0 aliphatic carbocycles. The Labute approximate surface area is 128 Å². The van der Waals surface area contributed by atoms with E-state index in [1.165, 1.54) is 0 Å². The van der Waals surface area contributed by atoms with Crippen LogP contribution in [0, 0.1) is 3.57 Å². The van der Waals surface area contributed by atoms with Gasteiger partial charge in [-0.05, 0) is 53.6 Å². The predicted molar refractivity (Wildman–Crippen MR) is 81.6 cm³/mol. The van der Waals surface area contributed by atoms with E-state index in [1.54, 1.807) is 0 Å². The Morgan fingerprint density at radius 1 is 1.59 bits per heavy atom. The number of likely N-dealkylation sites (tertiary alicyclic amines) is 1. The monoisotopic (exact) mass is 427 g/mol. The van der Waals surface area contributed by atoms with Gasteiger partial charge in [-0.25, -0.2) is 0 Å². The largest absolute Gasteiger partial charge is 0.334 e. The average Bonchev–Trinajstić information content (AvgIpc) is 2.79. The first-order valence-electron chi connectivity index (χ1n) is 5.45. The van der Waals surface area contributed by atoms with Crippen molar-refractivity contribution in [3.63, 3.8) is 0 Å². The van der Waals surface area contributed by atoms with Crippen LogP contribution in [0.15, 0.2) is 22.7 Å². The first-order chi connectivity index (χ1) is 8.13. The highest BCUT2D eigenvalue weighted by molar-refractivity contribution is 14.1. The van der Waals surface area contributed by atoms with Crippen molar-refractivity contribution >= 4 is 56.0 Å². The van der Waals surface area contributed by atoms with Crippen molar-refractivity contribution in [2.24, 2.45) is 0 Å². The van der Waals surface area contributed by atoms with Crippen molar-refractivity contribution in [1.82, 2.24) is 4.90 Å². The lowest BCUT2D eigenvalue weighted by Gasteiger charge is -2.23. The highest BCUT2D eigenvalue weighted by Gasteiger charge is 2.29. The van der Waals surface area contributed by atoms with E-state index in [1.807, 2.05) is 23.1 Å². The molecular weight excluding hydrogens is 416 g/mol. The number of rotatable bonds is 2. The van der Waals surface area contributed by atoms with Crippen LogP contribution >= 0.6 is 50.1 Å². The Kier molecular flexibility index (Phi) is 4.72. The van der Waals surface area contributed by atoms with Crippen LogP contribution in [0.25, 0.3) is 0 Å². The Morgan fingerprint density at radius 2 is 2.35 bits per heavy atom. The predicted octanol–water partition coefficient (Wildman–Crippen LogP) is 3.90. The second kappa shape index (κ2) is 5.89. The van der Waals surface area contributed by atoms with E-state index in [9.17, 15) is 4.79 Å². The van der Waals surface area contributed by atoms with Gasteiger partial charge in [-0.15, -0.1) is 11.6 Å². The lowest BCUT2D eigenvalue weighted by Crippen LogP contribution is -2.36. The van der Waals surface area contributed by atoms with Gasteiger partial charge < -0.3 is 4.90 Å². The van der Waals surface area contributed by atoms with E-state index in [0.29, 0.717) is 5.88 Å². The smallest absolute Gasteiger partial charge is 0.255 e. The number of carbonyl (C=O) groups is 1. The Bertz CT molecular complexity index is 441. The van der Waals surface area contributed by atoms with E-state index in [2.05, 4.69) is 38.5 Å². The van der Waals surface area contributed by atoms with Crippen molar-refractivity contribution in [3.8, 4) is 0 Å². The van der Waals surface area contributed by atoms with Crippen molar-refractivity contribution < 1.29 is 4.79 Å². The molecule has 2 nitrogen and oxygen atoms in total. The van der Waals surface area contributed by atoms with Gasteiger partial charge in [0.1, 0.15) is 0 Å². The van der Waals surface area contributed by atoms with E-state index >= 15 is 0 Å². The summed E-state index contributed by atoms with van der Waals surface area (Å²) in [5.41, 5.74) is 0.761. The molecule has 5 heteroatoms. The summed E-state index contributed by atoms with van der Waals surface area (Å²) in [6.07, 6.45) is 2.06. The SMILES string of the molecule is O=C(c1cc(Br)ccc1I)N1CCCC1CCl. The summed E-state index contributed by atoms with van der Waals surface area (Å²) in [5.74, 6) is 0.620. The molecule has 1 aliphatic heterocycles. The Balaban J connectivity index is 2.27. The highest BCUT2D eigenvalue weighted by Crippen LogP contribution is 2.25. The number of alkyl halides is 1. The lowest BCUT2D eigenvalue weighted by molar-refractivity contribution is 0.0748. The molecular formula is C12H12BrClINO. The summed E-state index contributed by atoms with van der Waals surface area (Å²) in [4.78, 5) is 14.3. The lowest BCUT2D eigenvalue weighted by atomic mass is 10.2. The molecule has 1 fully saturated rings. The Morgan fingerprint density at radius 3 is 3.06 bits per heavy atom. The maximum Gasteiger partial charge on any atom is 0.255 e. The molecule has 1 atom stereocenters. The van der Waals surface area contributed by atoms with Gasteiger partial charge in [-0.3, -0.25) is 4.79 Å². The minimum atomic E-state index is 0.0962. The minimum Gasteiger partial charge on any atom is -0.334 e. The van der Waals surface area contributed by atoms with Gasteiger partial charge in [0.2, 0.25) is 0 Å². The van der Waals surface area contributed by atoms with Crippen LogP contribution in [0.5, 0.6) is 0 Å². The second-order valence-electron chi connectivity index (χ2n) is 4.07. The van der Waals surface area contributed by atoms with Crippen LogP contribution in [0.3, 0.4) is 0 Å². The summed E-state index contributed by atoms with van der Waals surface area (Å²) >= 11 is 11.5. The fourth-order valence-corrected chi connectivity index (χ4v) is 3.33. The highest BCUT2D eigenvalue weighted by atomic mass is 127. The molecule has 0 N–H and O–H groups in total. The van der Waals surface area contributed by atoms with Crippen LogP contribution in [-0.2, 0) is 0 Å². The number of nitrogens with zero attached hydrogens (tertiary/aromatic N) is 1. The number of halogens is 3. The van der Waals surface area contributed by atoms with Crippen LogP contribution in [0.2, 0.25) is 0 Å². The molecule has 0 saturated carbocycles. The number of hydrogen-bond acceptors (Lipinski definition) is 1. The molecule has 1 unspecified atom stereocenters. The van der Waals surface area contributed by atoms with Crippen molar-refractivity contribution in [2.45, 2.75) is 18.9 Å².